The minimum Gasteiger partial charge on any atom is -0.378 e. The molecule has 1 unspecified atom stereocenters. The van der Waals surface area contributed by atoms with Crippen molar-refractivity contribution in [3.63, 3.8) is 0 Å². The topological polar surface area (TPSA) is 9.23 Å². The van der Waals surface area contributed by atoms with Crippen LogP contribution in [-0.4, -0.2) is 12.7 Å². The summed E-state index contributed by atoms with van der Waals surface area (Å²) in [6.07, 6.45) is 8.30. The van der Waals surface area contributed by atoms with Crippen molar-refractivity contribution in [3.8, 4) is 0 Å². The smallest absolute Gasteiger partial charge is 0.0644 e. The molecule has 9 heavy (non-hydrogen) atoms. The van der Waals surface area contributed by atoms with Crippen LogP contribution >= 0.6 is 0 Å². The van der Waals surface area contributed by atoms with Crippen LogP contribution in [0.25, 0.3) is 0 Å². The summed E-state index contributed by atoms with van der Waals surface area (Å²) in [4.78, 5) is 0. The maximum Gasteiger partial charge on any atom is 0.0644 e. The van der Waals surface area contributed by atoms with Crippen molar-refractivity contribution in [1.29, 1.82) is 0 Å². The zero-order valence-electron chi connectivity index (χ0n) is 6.02. The summed E-state index contributed by atoms with van der Waals surface area (Å²) in [5.41, 5.74) is 0. The van der Waals surface area contributed by atoms with Gasteiger partial charge in [0, 0.05) is 13.0 Å². The molecule has 0 aromatic heterocycles. The van der Waals surface area contributed by atoms with Crippen molar-refractivity contribution in [2.45, 2.75) is 38.7 Å². The van der Waals surface area contributed by atoms with E-state index in [1.165, 1.54) is 12.8 Å². The van der Waals surface area contributed by atoms with Crippen molar-refractivity contribution in [2.24, 2.45) is 0 Å². The third kappa shape index (κ3) is 2.35. The lowest BCUT2D eigenvalue weighted by Gasteiger charge is -2.20. The lowest BCUT2D eigenvalue weighted by Crippen LogP contribution is -2.18. The van der Waals surface area contributed by atoms with Gasteiger partial charge in [0.1, 0.15) is 0 Å². The SMILES string of the molecule is CCCC1[C]CCCO1. The quantitative estimate of drug-likeness (QED) is 0.550. The summed E-state index contributed by atoms with van der Waals surface area (Å²) in [7, 11) is 0. The average molecular weight is 126 g/mol. The molecular weight excluding hydrogens is 112 g/mol. The van der Waals surface area contributed by atoms with Gasteiger partial charge in [-0.3, -0.25) is 0 Å². The van der Waals surface area contributed by atoms with E-state index in [0.29, 0.717) is 6.10 Å². The Balaban J connectivity index is 2.08. The molecule has 0 aromatic carbocycles. The Morgan fingerprint density at radius 2 is 2.56 bits per heavy atom. The van der Waals surface area contributed by atoms with Gasteiger partial charge in [0.15, 0.2) is 0 Å². The van der Waals surface area contributed by atoms with Crippen molar-refractivity contribution >= 4 is 0 Å². The number of hydrogen-bond acceptors (Lipinski definition) is 1. The van der Waals surface area contributed by atoms with Crippen LogP contribution in [-0.2, 0) is 4.74 Å². The Kier molecular flexibility index (Phi) is 3.05. The lowest BCUT2D eigenvalue weighted by molar-refractivity contribution is 0.0437. The lowest BCUT2D eigenvalue weighted by atomic mass is 10.1. The highest BCUT2D eigenvalue weighted by Gasteiger charge is 2.12. The molecule has 0 saturated carbocycles. The predicted octanol–water partition coefficient (Wildman–Crippen LogP) is 2.05. The minimum absolute atomic E-state index is 0.351. The maximum absolute atomic E-state index is 5.41. The molecule has 2 radical (unpaired) electrons. The molecular formula is C8H14O. The standard InChI is InChI=1S/C8H14O/c1-2-5-8-6-3-4-7-9-8/h8H,2-5,7H2,1H3. The first kappa shape index (κ1) is 7.07. The summed E-state index contributed by atoms with van der Waals surface area (Å²) in [5.74, 6) is 0. The zero-order chi connectivity index (χ0) is 6.53. The van der Waals surface area contributed by atoms with Crippen LogP contribution in [0.2, 0.25) is 0 Å². The second-order valence-corrected chi connectivity index (χ2v) is 2.46. The molecule has 52 valence electrons. The zero-order valence-corrected chi connectivity index (χ0v) is 6.02. The molecule has 1 aliphatic heterocycles. The first-order chi connectivity index (χ1) is 4.43. The second kappa shape index (κ2) is 3.89. The fourth-order valence-corrected chi connectivity index (χ4v) is 1.07. The van der Waals surface area contributed by atoms with Gasteiger partial charge in [0.2, 0.25) is 0 Å². The third-order valence-corrected chi connectivity index (χ3v) is 1.56. The largest absolute Gasteiger partial charge is 0.378 e. The number of ether oxygens (including phenoxy) is 1. The molecule has 0 N–H and O–H groups in total. The fraction of sp³-hybridized carbons (Fsp3) is 0.875. The number of rotatable bonds is 2. The summed E-state index contributed by atoms with van der Waals surface area (Å²) < 4.78 is 5.41. The molecule has 1 fully saturated rings. The first-order valence-electron chi connectivity index (χ1n) is 3.78. The van der Waals surface area contributed by atoms with Gasteiger partial charge < -0.3 is 4.74 Å². The van der Waals surface area contributed by atoms with E-state index in [9.17, 15) is 0 Å². The van der Waals surface area contributed by atoms with E-state index in [4.69, 9.17) is 4.74 Å². The highest BCUT2D eigenvalue weighted by molar-refractivity contribution is 4.79. The van der Waals surface area contributed by atoms with Gasteiger partial charge in [-0.1, -0.05) is 13.3 Å². The molecule has 0 aromatic rings. The highest BCUT2D eigenvalue weighted by atomic mass is 16.5. The van der Waals surface area contributed by atoms with Gasteiger partial charge in [-0.05, 0) is 19.3 Å². The fourth-order valence-electron chi connectivity index (χ4n) is 1.07. The first-order valence-corrected chi connectivity index (χ1v) is 3.78. The van der Waals surface area contributed by atoms with Gasteiger partial charge in [-0.15, -0.1) is 0 Å². The molecule has 1 rings (SSSR count). The third-order valence-electron chi connectivity index (χ3n) is 1.56. The Morgan fingerprint density at radius 3 is 3.11 bits per heavy atom. The van der Waals surface area contributed by atoms with Gasteiger partial charge in [-0.25, -0.2) is 0 Å². The molecule has 0 aliphatic carbocycles. The molecule has 1 heteroatoms. The highest BCUT2D eigenvalue weighted by Crippen LogP contribution is 2.15. The van der Waals surface area contributed by atoms with Gasteiger partial charge >= 0.3 is 0 Å². The molecule has 1 aliphatic rings. The predicted molar refractivity (Wildman–Crippen MR) is 37.1 cm³/mol. The monoisotopic (exact) mass is 126 g/mol. The van der Waals surface area contributed by atoms with Crippen LogP contribution in [0.15, 0.2) is 0 Å². The van der Waals surface area contributed by atoms with E-state index in [1.807, 2.05) is 0 Å². The van der Waals surface area contributed by atoms with Crippen LogP contribution in [0.4, 0.5) is 0 Å². The molecule has 0 amide bonds. The van der Waals surface area contributed by atoms with Gasteiger partial charge in [0.25, 0.3) is 0 Å². The molecule has 1 nitrogen and oxygen atoms in total. The molecule has 1 atom stereocenters. The van der Waals surface area contributed by atoms with E-state index >= 15 is 0 Å². The summed E-state index contributed by atoms with van der Waals surface area (Å²) in [6, 6.07) is 0. The Hall–Kier alpha value is -0.0400. The van der Waals surface area contributed by atoms with Crippen molar-refractivity contribution in [3.05, 3.63) is 6.42 Å². The van der Waals surface area contributed by atoms with Gasteiger partial charge in [-0.2, -0.15) is 0 Å². The van der Waals surface area contributed by atoms with Crippen molar-refractivity contribution in [1.82, 2.24) is 0 Å². The Labute approximate surface area is 57.4 Å². The second-order valence-electron chi connectivity index (χ2n) is 2.46. The average Bonchev–Trinajstić information content (AvgIpc) is 1.91. The van der Waals surface area contributed by atoms with Crippen molar-refractivity contribution < 1.29 is 4.74 Å². The molecule has 0 bridgehead atoms. The Morgan fingerprint density at radius 1 is 1.67 bits per heavy atom. The summed E-state index contributed by atoms with van der Waals surface area (Å²) in [5, 5.41) is 0. The van der Waals surface area contributed by atoms with E-state index in [-0.39, 0.29) is 0 Å². The summed E-state index contributed by atoms with van der Waals surface area (Å²) in [6.45, 7) is 3.12. The van der Waals surface area contributed by atoms with Crippen molar-refractivity contribution in [2.75, 3.05) is 6.61 Å². The van der Waals surface area contributed by atoms with Crippen LogP contribution in [0.5, 0.6) is 0 Å². The van der Waals surface area contributed by atoms with E-state index in [1.54, 1.807) is 0 Å². The number of hydrogen-bond donors (Lipinski definition) is 0. The van der Waals surface area contributed by atoms with Crippen LogP contribution in [0, 0.1) is 6.42 Å². The normalized spacial score (nSPS) is 28.3. The van der Waals surface area contributed by atoms with Crippen LogP contribution < -0.4 is 0 Å². The van der Waals surface area contributed by atoms with Gasteiger partial charge in [0.05, 0.1) is 6.10 Å². The van der Waals surface area contributed by atoms with Crippen LogP contribution in [0.1, 0.15) is 32.6 Å². The molecule has 0 spiro atoms. The molecule has 1 saturated heterocycles. The van der Waals surface area contributed by atoms with E-state index < -0.39 is 0 Å². The van der Waals surface area contributed by atoms with Crippen LogP contribution in [0.3, 0.4) is 0 Å². The van der Waals surface area contributed by atoms with E-state index in [0.717, 1.165) is 19.4 Å². The minimum atomic E-state index is 0.351. The maximum atomic E-state index is 5.41. The Bertz CT molecular complexity index is 62.2. The van der Waals surface area contributed by atoms with E-state index in [2.05, 4.69) is 13.3 Å². The summed E-state index contributed by atoms with van der Waals surface area (Å²) >= 11 is 0. The molecule has 1 heterocycles.